The number of ether oxygens (including phenoxy) is 1. The molecule has 1 fully saturated rings. The van der Waals surface area contributed by atoms with E-state index in [0.717, 1.165) is 36.1 Å². The van der Waals surface area contributed by atoms with Gasteiger partial charge in [0.1, 0.15) is 0 Å². The highest BCUT2D eigenvalue weighted by molar-refractivity contribution is 9.10. The van der Waals surface area contributed by atoms with Gasteiger partial charge >= 0.3 is 0 Å². The van der Waals surface area contributed by atoms with Crippen molar-refractivity contribution in [2.24, 2.45) is 5.92 Å². The Bertz CT molecular complexity index is 471. The number of nitrogens with two attached hydrogens (primary N) is 1. The van der Waals surface area contributed by atoms with Crippen molar-refractivity contribution < 1.29 is 9.53 Å². The molecule has 2 rings (SSSR count). The first-order valence-electron chi connectivity index (χ1n) is 6.49. The molecule has 1 saturated heterocycles. The average molecular weight is 327 g/mol. The van der Waals surface area contributed by atoms with Crippen LogP contribution in [0.3, 0.4) is 0 Å². The predicted molar refractivity (Wildman–Crippen MR) is 80.1 cm³/mol. The molecule has 1 aromatic rings. The van der Waals surface area contributed by atoms with Crippen molar-refractivity contribution in [2.75, 3.05) is 24.3 Å². The standard InChI is InChI=1S/C14H19BrN2O2/c1-9-6-11(15)7-12(14(9)16)17-13(18)3-2-10-4-5-19-8-10/h6-7,10H,2-5,8,16H2,1H3,(H,17,18). The van der Waals surface area contributed by atoms with E-state index in [1.165, 1.54) is 0 Å². The van der Waals surface area contributed by atoms with E-state index < -0.39 is 0 Å². The number of anilines is 2. The Balaban J connectivity index is 1.91. The van der Waals surface area contributed by atoms with Crippen LogP contribution in [0.25, 0.3) is 0 Å². The predicted octanol–water partition coefficient (Wildman–Crippen LogP) is 3.09. The van der Waals surface area contributed by atoms with Crippen LogP contribution in [0.4, 0.5) is 11.4 Å². The Morgan fingerprint density at radius 2 is 2.37 bits per heavy atom. The van der Waals surface area contributed by atoms with Gasteiger partial charge in [0.2, 0.25) is 5.91 Å². The van der Waals surface area contributed by atoms with Crippen LogP contribution >= 0.6 is 15.9 Å². The third-order valence-corrected chi connectivity index (χ3v) is 3.89. The van der Waals surface area contributed by atoms with Gasteiger partial charge in [-0.2, -0.15) is 0 Å². The monoisotopic (exact) mass is 326 g/mol. The Labute approximate surface area is 121 Å². The van der Waals surface area contributed by atoms with Crippen molar-refractivity contribution in [3.8, 4) is 0 Å². The van der Waals surface area contributed by atoms with Gasteiger partial charge in [-0.05, 0) is 43.4 Å². The first-order valence-corrected chi connectivity index (χ1v) is 7.29. The molecular weight excluding hydrogens is 308 g/mol. The summed E-state index contributed by atoms with van der Waals surface area (Å²) in [6.07, 6.45) is 2.45. The Morgan fingerprint density at radius 1 is 1.58 bits per heavy atom. The molecule has 0 radical (unpaired) electrons. The molecule has 0 aromatic heterocycles. The number of rotatable bonds is 4. The van der Waals surface area contributed by atoms with E-state index in [4.69, 9.17) is 10.5 Å². The van der Waals surface area contributed by atoms with Crippen molar-refractivity contribution in [1.29, 1.82) is 0 Å². The molecule has 5 heteroatoms. The molecule has 0 bridgehead atoms. The van der Waals surface area contributed by atoms with E-state index in [1.807, 2.05) is 19.1 Å². The van der Waals surface area contributed by atoms with Crippen LogP contribution < -0.4 is 11.1 Å². The van der Waals surface area contributed by atoms with Crippen LogP contribution in [0, 0.1) is 12.8 Å². The lowest BCUT2D eigenvalue weighted by Crippen LogP contribution is -2.15. The summed E-state index contributed by atoms with van der Waals surface area (Å²) in [6.45, 7) is 3.53. The third-order valence-electron chi connectivity index (χ3n) is 3.43. The van der Waals surface area contributed by atoms with Gasteiger partial charge in [-0.15, -0.1) is 0 Å². The topological polar surface area (TPSA) is 64.3 Å². The average Bonchev–Trinajstić information content (AvgIpc) is 2.86. The fourth-order valence-corrected chi connectivity index (χ4v) is 2.79. The van der Waals surface area contributed by atoms with Gasteiger partial charge in [-0.25, -0.2) is 0 Å². The smallest absolute Gasteiger partial charge is 0.224 e. The zero-order valence-electron chi connectivity index (χ0n) is 11.0. The summed E-state index contributed by atoms with van der Waals surface area (Å²) < 4.78 is 6.22. The third kappa shape index (κ3) is 3.94. The summed E-state index contributed by atoms with van der Waals surface area (Å²) in [7, 11) is 0. The van der Waals surface area contributed by atoms with Gasteiger partial charge in [0.15, 0.2) is 0 Å². The molecule has 19 heavy (non-hydrogen) atoms. The maximum absolute atomic E-state index is 11.9. The second-order valence-corrected chi connectivity index (χ2v) is 5.92. The largest absolute Gasteiger partial charge is 0.397 e. The van der Waals surface area contributed by atoms with E-state index >= 15 is 0 Å². The quantitative estimate of drug-likeness (QED) is 0.835. The fourth-order valence-electron chi connectivity index (χ4n) is 2.22. The minimum atomic E-state index is 0.0103. The van der Waals surface area contributed by atoms with Crippen LogP contribution in [0.5, 0.6) is 0 Å². The lowest BCUT2D eigenvalue weighted by Gasteiger charge is -2.12. The van der Waals surface area contributed by atoms with Gasteiger partial charge < -0.3 is 15.8 Å². The number of carbonyl (C=O) groups excluding carboxylic acids is 1. The fraction of sp³-hybridized carbons (Fsp3) is 0.500. The number of hydrogen-bond donors (Lipinski definition) is 2. The second-order valence-electron chi connectivity index (χ2n) is 5.00. The SMILES string of the molecule is Cc1cc(Br)cc(NC(=O)CCC2CCOC2)c1N. The lowest BCUT2D eigenvalue weighted by atomic mass is 10.0. The molecule has 1 heterocycles. The summed E-state index contributed by atoms with van der Waals surface area (Å²) in [4.78, 5) is 11.9. The molecule has 1 aliphatic heterocycles. The molecule has 0 aliphatic carbocycles. The van der Waals surface area contributed by atoms with Gasteiger partial charge in [-0.1, -0.05) is 15.9 Å². The number of carbonyl (C=O) groups is 1. The van der Waals surface area contributed by atoms with Crippen LogP contribution in [-0.4, -0.2) is 19.1 Å². The van der Waals surface area contributed by atoms with Crippen molar-refractivity contribution >= 4 is 33.2 Å². The maximum Gasteiger partial charge on any atom is 0.224 e. The van der Waals surface area contributed by atoms with Crippen LogP contribution in [-0.2, 0) is 9.53 Å². The molecule has 1 aromatic carbocycles. The summed E-state index contributed by atoms with van der Waals surface area (Å²) in [6, 6.07) is 3.76. The van der Waals surface area contributed by atoms with E-state index in [-0.39, 0.29) is 5.91 Å². The number of nitrogen functional groups attached to an aromatic ring is 1. The second kappa shape index (κ2) is 6.39. The number of hydrogen-bond acceptors (Lipinski definition) is 3. The first kappa shape index (κ1) is 14.3. The number of nitrogens with one attached hydrogen (secondary N) is 1. The normalized spacial score (nSPS) is 18.5. The lowest BCUT2D eigenvalue weighted by molar-refractivity contribution is -0.116. The molecule has 1 aliphatic rings. The number of halogens is 1. The first-order chi connectivity index (χ1) is 9.06. The zero-order valence-corrected chi connectivity index (χ0v) is 12.6. The van der Waals surface area contributed by atoms with E-state index in [9.17, 15) is 4.79 Å². The summed E-state index contributed by atoms with van der Waals surface area (Å²) >= 11 is 3.41. The summed E-state index contributed by atoms with van der Waals surface area (Å²) in [5.41, 5.74) is 8.22. The van der Waals surface area contributed by atoms with Gasteiger partial charge in [0.25, 0.3) is 0 Å². The molecule has 4 nitrogen and oxygen atoms in total. The Morgan fingerprint density at radius 3 is 3.05 bits per heavy atom. The van der Waals surface area contributed by atoms with E-state index in [2.05, 4.69) is 21.2 Å². The van der Waals surface area contributed by atoms with Crippen molar-refractivity contribution in [1.82, 2.24) is 0 Å². The molecule has 0 saturated carbocycles. The highest BCUT2D eigenvalue weighted by atomic mass is 79.9. The molecular formula is C14H19BrN2O2. The highest BCUT2D eigenvalue weighted by Crippen LogP contribution is 2.28. The molecule has 3 N–H and O–H groups in total. The van der Waals surface area contributed by atoms with Crippen molar-refractivity contribution in [3.05, 3.63) is 22.2 Å². The molecule has 1 atom stereocenters. The van der Waals surface area contributed by atoms with Crippen molar-refractivity contribution in [3.63, 3.8) is 0 Å². The van der Waals surface area contributed by atoms with E-state index in [1.54, 1.807) is 0 Å². The van der Waals surface area contributed by atoms with E-state index in [0.29, 0.717) is 23.7 Å². The van der Waals surface area contributed by atoms with Crippen LogP contribution in [0.2, 0.25) is 0 Å². The minimum Gasteiger partial charge on any atom is -0.397 e. The number of aryl methyl sites for hydroxylation is 1. The Kier molecular flexibility index (Phi) is 4.82. The van der Waals surface area contributed by atoms with Gasteiger partial charge in [-0.3, -0.25) is 4.79 Å². The molecule has 1 unspecified atom stereocenters. The van der Waals surface area contributed by atoms with Crippen molar-refractivity contribution in [2.45, 2.75) is 26.2 Å². The maximum atomic E-state index is 11.9. The minimum absolute atomic E-state index is 0.0103. The van der Waals surface area contributed by atoms with Gasteiger partial charge in [0, 0.05) is 24.1 Å². The molecule has 1 amide bonds. The number of amides is 1. The van der Waals surface area contributed by atoms with Crippen LogP contribution in [0.15, 0.2) is 16.6 Å². The number of benzene rings is 1. The highest BCUT2D eigenvalue weighted by Gasteiger charge is 2.17. The Hall–Kier alpha value is -1.07. The summed E-state index contributed by atoms with van der Waals surface area (Å²) in [5.74, 6) is 0.531. The molecule has 104 valence electrons. The van der Waals surface area contributed by atoms with Gasteiger partial charge in [0.05, 0.1) is 11.4 Å². The summed E-state index contributed by atoms with van der Waals surface area (Å²) in [5, 5.41) is 2.88. The zero-order chi connectivity index (χ0) is 13.8. The van der Waals surface area contributed by atoms with Crippen LogP contribution in [0.1, 0.15) is 24.8 Å². The molecule has 0 spiro atoms.